The van der Waals surface area contributed by atoms with Gasteiger partial charge in [0, 0.05) is 9.79 Å². The van der Waals surface area contributed by atoms with Gasteiger partial charge in [-0.2, -0.15) is 9.93 Å². The molecule has 0 aliphatic rings. The summed E-state index contributed by atoms with van der Waals surface area (Å²) in [7, 11) is -2.64. The normalized spacial score (nSPS) is 12.2. The van der Waals surface area contributed by atoms with Crippen LogP contribution in [-0.2, 0) is 0 Å². The first-order valence-electron chi connectivity index (χ1n) is 13.3. The molecule has 0 saturated heterocycles. The van der Waals surface area contributed by atoms with Crippen molar-refractivity contribution in [2.75, 3.05) is 0 Å². The van der Waals surface area contributed by atoms with Gasteiger partial charge in [0.1, 0.15) is 0 Å². The lowest BCUT2D eigenvalue weighted by molar-refractivity contribution is 1.12. The molecule has 6 rings (SSSR count). The molecule has 6 aromatic rings. The molecule has 0 bridgehead atoms. The van der Waals surface area contributed by atoms with Crippen molar-refractivity contribution < 1.29 is 0 Å². The van der Waals surface area contributed by atoms with Crippen molar-refractivity contribution in [2.45, 2.75) is 24.8 Å². The maximum atomic E-state index is 2.38. The molecule has 6 aromatic carbocycles. The van der Waals surface area contributed by atoms with Gasteiger partial charge < -0.3 is 0 Å². The Balaban J connectivity index is 1.82. The quantitative estimate of drug-likeness (QED) is 0.144. The maximum absolute atomic E-state index is 2.38. The van der Waals surface area contributed by atoms with Gasteiger partial charge in [0.25, 0.3) is 0 Å². The van der Waals surface area contributed by atoms with Gasteiger partial charge >= 0.3 is 0 Å². The molecule has 0 unspecified atom stereocenters. The second-order valence-electron chi connectivity index (χ2n) is 9.42. The number of thiol groups is 1. The highest BCUT2D eigenvalue weighted by Crippen LogP contribution is 2.90. The van der Waals surface area contributed by atoms with Gasteiger partial charge in [-0.25, -0.2) is 0 Å². The molecule has 0 heterocycles. The summed E-state index contributed by atoms with van der Waals surface area (Å²) in [5.41, 5.74) is 2.71. The van der Waals surface area contributed by atoms with Crippen LogP contribution in [0.2, 0.25) is 0 Å². The molecule has 0 radical (unpaired) electrons. The second-order valence-corrected chi connectivity index (χ2v) is 16.5. The topological polar surface area (TPSA) is 0 Å². The van der Waals surface area contributed by atoms with E-state index in [2.05, 4.69) is 182 Å². The van der Waals surface area contributed by atoms with Crippen molar-refractivity contribution in [3.05, 3.63) is 193 Å². The fourth-order valence-corrected chi connectivity index (χ4v) is 17.1. The number of benzene rings is 6. The summed E-state index contributed by atoms with van der Waals surface area (Å²) in [5, 5.41) is 0.149. The fourth-order valence-electron chi connectivity index (χ4n) is 5.43. The van der Waals surface area contributed by atoms with Crippen LogP contribution in [0.5, 0.6) is 0 Å². The van der Waals surface area contributed by atoms with E-state index in [1.165, 1.54) is 30.7 Å². The Morgan fingerprint density at radius 2 is 0.615 bits per heavy atom. The van der Waals surface area contributed by atoms with E-state index in [0.717, 1.165) is 0 Å². The van der Waals surface area contributed by atoms with Crippen molar-refractivity contribution in [2.24, 2.45) is 0 Å². The summed E-state index contributed by atoms with van der Waals surface area (Å²) in [6.45, 7) is 0. The van der Waals surface area contributed by atoms with Gasteiger partial charge in [-0.1, -0.05) is 133 Å². The first-order chi connectivity index (χ1) is 19.4. The van der Waals surface area contributed by atoms with Crippen molar-refractivity contribution in [3.8, 4) is 0 Å². The Kier molecular flexibility index (Phi) is 7.67. The maximum Gasteiger partial charge on any atom is 0.0543 e. The minimum atomic E-state index is -1.78. The lowest BCUT2D eigenvalue weighted by Crippen LogP contribution is -2.16. The predicted molar refractivity (Wildman–Crippen MR) is 170 cm³/mol. The highest BCUT2D eigenvalue weighted by molar-refractivity contribution is 9.01. The van der Waals surface area contributed by atoms with E-state index < -0.39 is 19.0 Å². The summed E-state index contributed by atoms with van der Waals surface area (Å²) in [6.07, 6.45) is 0. The molecule has 0 aliphatic carbocycles. The molecule has 0 aliphatic heterocycles. The van der Waals surface area contributed by atoms with Crippen LogP contribution < -0.4 is 0 Å². The van der Waals surface area contributed by atoms with Crippen LogP contribution in [0, 0.1) is 0 Å². The Bertz CT molecular complexity index is 1370. The molecule has 0 amide bonds. The molecule has 0 aromatic heterocycles. The third-order valence-electron chi connectivity index (χ3n) is 7.02. The number of hydrogen-bond donors (Lipinski definition) is 1. The van der Waals surface area contributed by atoms with E-state index in [1.54, 1.807) is 0 Å². The first-order valence-corrected chi connectivity index (χ1v) is 17.0. The third-order valence-corrected chi connectivity index (χ3v) is 17.2. The monoisotopic (exact) mass is 540 g/mol. The third kappa shape index (κ3) is 4.94. The zero-order chi connectivity index (χ0) is 26.3. The van der Waals surface area contributed by atoms with Crippen molar-refractivity contribution >= 4 is 19.0 Å². The summed E-state index contributed by atoms with van der Waals surface area (Å²) < 4.78 is 0. The standard InChI is InChI=1S/C37H32S2/c1-7-19-31(20-8-1)37(32-21-9-2-10-22-32)39(35-27-15-5-16-28-35,36-29-17-6-18-30-36)38(33-23-11-3-12-24-33)34-25-13-4-14-26-34/h1-30,37-38H. The van der Waals surface area contributed by atoms with Crippen molar-refractivity contribution in [3.63, 3.8) is 0 Å². The Morgan fingerprint density at radius 3 is 0.949 bits per heavy atom. The Labute approximate surface area is 236 Å². The zero-order valence-corrected chi connectivity index (χ0v) is 23.5. The molecule has 0 N–H and O–H groups in total. The van der Waals surface area contributed by atoms with Crippen molar-refractivity contribution in [1.82, 2.24) is 0 Å². The van der Waals surface area contributed by atoms with E-state index in [9.17, 15) is 0 Å². The minimum absolute atomic E-state index is 0.149. The highest BCUT2D eigenvalue weighted by Gasteiger charge is 2.44. The molecule has 192 valence electrons. The summed E-state index contributed by atoms with van der Waals surface area (Å²) >= 11 is 0. The SMILES string of the molecule is c1ccc(C(c2ccccc2)S(c2ccccc2)(c2ccccc2)[SH](c2ccccc2)c2ccccc2)cc1. The van der Waals surface area contributed by atoms with Crippen LogP contribution in [0.4, 0.5) is 0 Å². The lowest BCUT2D eigenvalue weighted by atomic mass is 10.0. The number of rotatable bonds is 8. The van der Waals surface area contributed by atoms with Crippen LogP contribution in [0.1, 0.15) is 16.4 Å². The molecule has 2 heteroatoms. The zero-order valence-electron chi connectivity index (χ0n) is 21.8. The molecule has 0 fully saturated rings. The van der Waals surface area contributed by atoms with Crippen LogP contribution in [0.3, 0.4) is 0 Å². The average Bonchev–Trinajstić information content (AvgIpc) is 3.03. The van der Waals surface area contributed by atoms with Gasteiger partial charge in [0.05, 0.1) is 5.25 Å². The highest BCUT2D eigenvalue weighted by atomic mass is 33.2. The van der Waals surface area contributed by atoms with E-state index in [1.807, 2.05) is 0 Å². The fraction of sp³-hybridized carbons (Fsp3) is 0.0270. The van der Waals surface area contributed by atoms with Gasteiger partial charge in [0.15, 0.2) is 0 Å². The van der Waals surface area contributed by atoms with Gasteiger partial charge in [-0.05, 0) is 69.4 Å². The van der Waals surface area contributed by atoms with E-state index in [-0.39, 0.29) is 5.25 Å². The summed E-state index contributed by atoms with van der Waals surface area (Å²) in [6, 6.07) is 67.5. The summed E-state index contributed by atoms with van der Waals surface area (Å²) in [4.78, 5) is 5.62. The van der Waals surface area contributed by atoms with Crippen LogP contribution in [-0.4, -0.2) is 0 Å². The van der Waals surface area contributed by atoms with E-state index in [4.69, 9.17) is 0 Å². The molecular formula is C37H32S2. The predicted octanol–water partition coefficient (Wildman–Crippen LogP) is 10.7. The summed E-state index contributed by atoms with van der Waals surface area (Å²) in [5.74, 6) is 0. The second kappa shape index (κ2) is 11.8. The van der Waals surface area contributed by atoms with Crippen LogP contribution in [0.25, 0.3) is 0 Å². The Hall–Kier alpha value is -3.98. The number of hydrogen-bond acceptors (Lipinski definition) is 0. The van der Waals surface area contributed by atoms with Crippen LogP contribution >= 0.6 is 19.0 Å². The minimum Gasteiger partial charge on any atom is -0.159 e. The molecular weight excluding hydrogens is 509 g/mol. The first kappa shape index (κ1) is 25.3. The molecule has 0 atom stereocenters. The molecule has 39 heavy (non-hydrogen) atoms. The van der Waals surface area contributed by atoms with Crippen molar-refractivity contribution in [1.29, 1.82) is 0 Å². The average molecular weight is 541 g/mol. The van der Waals surface area contributed by atoms with Gasteiger partial charge in [-0.15, -0.1) is 9.06 Å². The lowest BCUT2D eigenvalue weighted by Gasteiger charge is -2.55. The Morgan fingerprint density at radius 1 is 0.333 bits per heavy atom. The molecule has 0 spiro atoms. The molecule has 0 saturated carbocycles. The van der Waals surface area contributed by atoms with Gasteiger partial charge in [0.2, 0.25) is 0 Å². The van der Waals surface area contributed by atoms with Gasteiger partial charge in [-0.3, -0.25) is 0 Å². The van der Waals surface area contributed by atoms with E-state index in [0.29, 0.717) is 0 Å². The largest absolute Gasteiger partial charge is 0.159 e. The smallest absolute Gasteiger partial charge is 0.0543 e. The molecule has 0 nitrogen and oxygen atoms in total. The van der Waals surface area contributed by atoms with Crippen LogP contribution in [0.15, 0.2) is 202 Å². The van der Waals surface area contributed by atoms with E-state index >= 15 is 0 Å².